The lowest BCUT2D eigenvalue weighted by atomic mass is 10.0. The third-order valence-electron chi connectivity index (χ3n) is 5.34. The molecular formula is C24H19NO2S. The second kappa shape index (κ2) is 6.59. The van der Waals surface area contributed by atoms with E-state index in [1.807, 2.05) is 91.0 Å². The Labute approximate surface area is 164 Å². The van der Waals surface area contributed by atoms with Crippen LogP contribution in [0.1, 0.15) is 23.2 Å². The van der Waals surface area contributed by atoms with E-state index in [1.165, 1.54) is 0 Å². The number of hydrogen-bond donors (Lipinski definition) is 0. The molecular weight excluding hydrogens is 366 g/mol. The van der Waals surface area contributed by atoms with Gasteiger partial charge in [-0.1, -0.05) is 91.0 Å². The number of sulfonamides is 1. The summed E-state index contributed by atoms with van der Waals surface area (Å²) < 4.78 is 28.7. The molecule has 3 nitrogen and oxygen atoms in total. The van der Waals surface area contributed by atoms with Crippen LogP contribution in [0.2, 0.25) is 0 Å². The molecule has 4 aromatic carbocycles. The SMILES string of the molecule is O=S(=O)(c1ccc2ccccc2c1)N1[C@H](c2ccccc2)[C@H]1c1ccccc1. The lowest BCUT2D eigenvalue weighted by Gasteiger charge is -2.08. The molecule has 4 aromatic rings. The molecule has 5 rings (SSSR count). The minimum atomic E-state index is -3.62. The van der Waals surface area contributed by atoms with Crippen LogP contribution in [0, 0.1) is 0 Å². The van der Waals surface area contributed by atoms with Crippen molar-refractivity contribution in [1.29, 1.82) is 0 Å². The number of nitrogens with zero attached hydrogens (tertiary/aromatic N) is 1. The van der Waals surface area contributed by atoms with Gasteiger partial charge in [0.25, 0.3) is 0 Å². The summed E-state index contributed by atoms with van der Waals surface area (Å²) in [6.45, 7) is 0. The van der Waals surface area contributed by atoms with Crippen molar-refractivity contribution in [2.75, 3.05) is 0 Å². The van der Waals surface area contributed by atoms with Crippen LogP contribution in [0.4, 0.5) is 0 Å². The van der Waals surface area contributed by atoms with Gasteiger partial charge in [-0.05, 0) is 34.0 Å². The average Bonchev–Trinajstić information content (AvgIpc) is 3.51. The van der Waals surface area contributed by atoms with Crippen LogP contribution in [-0.4, -0.2) is 12.7 Å². The van der Waals surface area contributed by atoms with Crippen molar-refractivity contribution in [3.63, 3.8) is 0 Å². The van der Waals surface area contributed by atoms with Crippen LogP contribution in [0.15, 0.2) is 108 Å². The molecule has 0 radical (unpaired) electrons. The highest BCUT2D eigenvalue weighted by Crippen LogP contribution is 2.57. The second-order valence-corrected chi connectivity index (χ2v) is 8.90. The van der Waals surface area contributed by atoms with Gasteiger partial charge in [0.2, 0.25) is 10.0 Å². The van der Waals surface area contributed by atoms with E-state index in [2.05, 4.69) is 0 Å². The van der Waals surface area contributed by atoms with Gasteiger partial charge in [0.15, 0.2) is 0 Å². The summed E-state index contributed by atoms with van der Waals surface area (Å²) in [7, 11) is -3.62. The molecule has 1 fully saturated rings. The normalized spacial score (nSPS) is 21.5. The zero-order valence-corrected chi connectivity index (χ0v) is 16.0. The summed E-state index contributed by atoms with van der Waals surface area (Å²) in [5, 5.41) is 1.96. The fourth-order valence-electron chi connectivity index (χ4n) is 3.92. The standard InChI is InChI=1S/C24H19NO2S/c26-28(27,22-16-15-18-9-7-8-14-21(18)17-22)25-23(19-10-3-1-4-11-19)24(25)20-12-5-2-6-13-20/h1-17,23-24H/t23-,24-/m1/s1. The molecule has 138 valence electrons. The Kier molecular flexibility index (Phi) is 4.04. The summed E-state index contributed by atoms with van der Waals surface area (Å²) in [5.74, 6) is 0. The van der Waals surface area contributed by atoms with Crippen LogP contribution in [-0.2, 0) is 10.0 Å². The van der Waals surface area contributed by atoms with E-state index in [-0.39, 0.29) is 12.1 Å². The van der Waals surface area contributed by atoms with Crippen molar-refractivity contribution in [1.82, 2.24) is 4.31 Å². The van der Waals surface area contributed by atoms with Gasteiger partial charge >= 0.3 is 0 Å². The molecule has 0 spiro atoms. The molecule has 0 saturated carbocycles. The molecule has 0 N–H and O–H groups in total. The van der Waals surface area contributed by atoms with Crippen molar-refractivity contribution in [2.24, 2.45) is 0 Å². The number of hydrogen-bond acceptors (Lipinski definition) is 2. The van der Waals surface area contributed by atoms with Gasteiger partial charge in [-0.2, -0.15) is 4.31 Å². The van der Waals surface area contributed by atoms with Crippen molar-refractivity contribution in [2.45, 2.75) is 17.0 Å². The summed E-state index contributed by atoms with van der Waals surface area (Å²) in [6.07, 6.45) is 0. The number of rotatable bonds is 4. The summed E-state index contributed by atoms with van der Waals surface area (Å²) in [4.78, 5) is 0.338. The molecule has 1 saturated heterocycles. The molecule has 1 heterocycles. The first kappa shape index (κ1) is 17.2. The van der Waals surface area contributed by atoms with E-state index in [0.29, 0.717) is 4.90 Å². The monoisotopic (exact) mass is 385 g/mol. The number of benzene rings is 4. The zero-order valence-electron chi connectivity index (χ0n) is 15.1. The third-order valence-corrected chi connectivity index (χ3v) is 7.20. The predicted molar refractivity (Wildman–Crippen MR) is 111 cm³/mol. The van der Waals surface area contributed by atoms with Crippen molar-refractivity contribution in [3.05, 3.63) is 114 Å². The van der Waals surface area contributed by atoms with Crippen LogP contribution in [0.3, 0.4) is 0 Å². The van der Waals surface area contributed by atoms with Gasteiger partial charge < -0.3 is 0 Å². The number of fused-ring (bicyclic) bond motifs is 1. The van der Waals surface area contributed by atoms with E-state index >= 15 is 0 Å². The Bertz CT molecular complexity index is 1190. The third kappa shape index (κ3) is 2.82. The van der Waals surface area contributed by atoms with E-state index in [0.717, 1.165) is 21.9 Å². The molecule has 28 heavy (non-hydrogen) atoms. The maximum atomic E-state index is 13.5. The van der Waals surface area contributed by atoms with Crippen molar-refractivity contribution < 1.29 is 8.42 Å². The quantitative estimate of drug-likeness (QED) is 0.446. The Hall–Kier alpha value is -2.95. The largest absolute Gasteiger partial charge is 0.244 e. The summed E-state index contributed by atoms with van der Waals surface area (Å²) in [5.41, 5.74) is 2.03. The van der Waals surface area contributed by atoms with Gasteiger partial charge in [0.1, 0.15) is 0 Å². The summed E-state index contributed by atoms with van der Waals surface area (Å²) in [6, 6.07) is 32.5. The first-order valence-electron chi connectivity index (χ1n) is 9.28. The highest BCUT2D eigenvalue weighted by atomic mass is 32.2. The molecule has 0 aromatic heterocycles. The van der Waals surface area contributed by atoms with Crippen LogP contribution in [0.25, 0.3) is 10.8 Å². The maximum absolute atomic E-state index is 13.5. The molecule has 4 heteroatoms. The van der Waals surface area contributed by atoms with Gasteiger partial charge in [-0.3, -0.25) is 0 Å². The van der Waals surface area contributed by atoms with E-state index in [4.69, 9.17) is 0 Å². The molecule has 0 amide bonds. The highest BCUT2D eigenvalue weighted by Gasteiger charge is 2.56. The topological polar surface area (TPSA) is 37.1 Å². The van der Waals surface area contributed by atoms with Gasteiger partial charge in [-0.15, -0.1) is 0 Å². The molecule has 0 bridgehead atoms. The van der Waals surface area contributed by atoms with Gasteiger partial charge in [0, 0.05) is 0 Å². The van der Waals surface area contributed by atoms with Crippen molar-refractivity contribution in [3.8, 4) is 0 Å². The smallest absolute Gasteiger partial charge is 0.207 e. The average molecular weight is 385 g/mol. The van der Waals surface area contributed by atoms with Crippen LogP contribution >= 0.6 is 0 Å². The van der Waals surface area contributed by atoms with Gasteiger partial charge in [0.05, 0.1) is 17.0 Å². The minimum Gasteiger partial charge on any atom is -0.207 e. The highest BCUT2D eigenvalue weighted by molar-refractivity contribution is 7.89. The van der Waals surface area contributed by atoms with Crippen LogP contribution in [0.5, 0.6) is 0 Å². The molecule has 0 aliphatic carbocycles. The minimum absolute atomic E-state index is 0.180. The Morgan fingerprint density at radius 2 is 1.07 bits per heavy atom. The Morgan fingerprint density at radius 1 is 0.571 bits per heavy atom. The second-order valence-electron chi connectivity index (χ2n) is 7.05. The van der Waals surface area contributed by atoms with Gasteiger partial charge in [-0.25, -0.2) is 8.42 Å². The Morgan fingerprint density at radius 3 is 1.64 bits per heavy atom. The fraction of sp³-hybridized carbons (Fsp3) is 0.0833. The first-order chi connectivity index (χ1) is 13.7. The van der Waals surface area contributed by atoms with Crippen molar-refractivity contribution >= 4 is 20.8 Å². The predicted octanol–water partition coefficient (Wildman–Crippen LogP) is 5.33. The van der Waals surface area contributed by atoms with E-state index < -0.39 is 10.0 Å². The fourth-order valence-corrected chi connectivity index (χ4v) is 5.70. The zero-order chi connectivity index (χ0) is 19.1. The Balaban J connectivity index is 1.60. The lowest BCUT2D eigenvalue weighted by Crippen LogP contribution is -2.13. The summed E-state index contributed by atoms with van der Waals surface area (Å²) >= 11 is 0. The molecule has 1 aliphatic heterocycles. The maximum Gasteiger partial charge on any atom is 0.244 e. The van der Waals surface area contributed by atoms with Crippen LogP contribution < -0.4 is 0 Å². The molecule has 2 atom stereocenters. The first-order valence-corrected chi connectivity index (χ1v) is 10.7. The molecule has 1 aliphatic rings. The van der Waals surface area contributed by atoms with E-state index in [9.17, 15) is 8.42 Å². The van der Waals surface area contributed by atoms with E-state index in [1.54, 1.807) is 16.4 Å². The molecule has 0 unspecified atom stereocenters. The lowest BCUT2D eigenvalue weighted by molar-refractivity contribution is 0.547.